The summed E-state index contributed by atoms with van der Waals surface area (Å²) in [6, 6.07) is 11.9. The maximum absolute atomic E-state index is 10.6. The molecular formula is C16H13F3N4O2. The summed E-state index contributed by atoms with van der Waals surface area (Å²) >= 11 is 0. The Morgan fingerprint density at radius 1 is 1.16 bits per heavy atom. The molecule has 3 rings (SSSR count). The van der Waals surface area contributed by atoms with Crippen molar-refractivity contribution in [3.05, 3.63) is 48.3 Å². The molecule has 2 heterocycles. The van der Waals surface area contributed by atoms with Crippen molar-refractivity contribution >= 4 is 22.8 Å². The molecule has 0 aliphatic carbocycles. The number of fused-ring (bicyclic) bond motifs is 1. The van der Waals surface area contributed by atoms with E-state index in [9.17, 15) is 13.2 Å². The lowest BCUT2D eigenvalue weighted by Gasteiger charge is -2.04. The summed E-state index contributed by atoms with van der Waals surface area (Å²) < 4.78 is 31.7. The number of alkyl halides is 3. The Bertz CT molecular complexity index is 893. The van der Waals surface area contributed by atoms with E-state index in [1.807, 2.05) is 37.3 Å². The number of anilines is 1. The van der Waals surface area contributed by atoms with Gasteiger partial charge < -0.3 is 10.8 Å². The smallest absolute Gasteiger partial charge is 0.475 e. The van der Waals surface area contributed by atoms with E-state index in [1.165, 1.54) is 0 Å². The second-order valence-corrected chi connectivity index (χ2v) is 4.97. The monoisotopic (exact) mass is 350 g/mol. The third kappa shape index (κ3) is 4.87. The van der Waals surface area contributed by atoms with Crippen LogP contribution in [-0.4, -0.2) is 32.2 Å². The van der Waals surface area contributed by atoms with Crippen LogP contribution in [0.25, 0.3) is 22.2 Å². The molecule has 0 bridgehead atoms. The van der Waals surface area contributed by atoms with E-state index in [4.69, 9.17) is 15.6 Å². The van der Waals surface area contributed by atoms with Gasteiger partial charge in [-0.3, -0.25) is 4.98 Å². The number of carbonyl (C=O) groups is 1. The number of carboxylic acid groups (broad SMARTS) is 1. The summed E-state index contributed by atoms with van der Waals surface area (Å²) in [6.07, 6.45) is -3.30. The first-order valence-electron chi connectivity index (χ1n) is 6.93. The van der Waals surface area contributed by atoms with Crippen molar-refractivity contribution in [3.63, 3.8) is 0 Å². The van der Waals surface area contributed by atoms with E-state index in [0.29, 0.717) is 5.95 Å². The van der Waals surface area contributed by atoms with Gasteiger partial charge in [0.05, 0.1) is 11.2 Å². The number of nitrogens with two attached hydrogens (primary N) is 1. The van der Waals surface area contributed by atoms with Gasteiger partial charge in [-0.15, -0.1) is 0 Å². The SMILES string of the molecule is Cc1cc(-c2ccc3ncccc3c2)nc(N)n1.O=C(O)C(F)(F)F. The lowest BCUT2D eigenvalue weighted by Crippen LogP contribution is -2.21. The zero-order chi connectivity index (χ0) is 18.6. The number of carboxylic acids is 1. The number of aliphatic carboxylic acids is 1. The Balaban J connectivity index is 0.000000277. The Hall–Kier alpha value is -3.23. The molecule has 1 aromatic carbocycles. The number of nitrogen functional groups attached to an aromatic ring is 1. The van der Waals surface area contributed by atoms with Crippen molar-refractivity contribution in [1.82, 2.24) is 15.0 Å². The lowest BCUT2D eigenvalue weighted by atomic mass is 10.1. The second-order valence-electron chi connectivity index (χ2n) is 4.97. The van der Waals surface area contributed by atoms with Gasteiger partial charge in [-0.05, 0) is 31.2 Å². The molecule has 0 spiro atoms. The molecule has 0 aliphatic rings. The molecule has 6 nitrogen and oxygen atoms in total. The molecule has 0 fully saturated rings. The minimum atomic E-state index is -5.08. The molecule has 2 aromatic heterocycles. The average molecular weight is 350 g/mol. The van der Waals surface area contributed by atoms with Crippen LogP contribution >= 0.6 is 0 Å². The molecule has 3 N–H and O–H groups in total. The molecule has 3 aromatic rings. The highest BCUT2D eigenvalue weighted by Crippen LogP contribution is 2.22. The molecule has 25 heavy (non-hydrogen) atoms. The van der Waals surface area contributed by atoms with Crippen molar-refractivity contribution in [2.75, 3.05) is 5.73 Å². The van der Waals surface area contributed by atoms with Gasteiger partial charge in [-0.2, -0.15) is 13.2 Å². The van der Waals surface area contributed by atoms with Crippen molar-refractivity contribution in [2.24, 2.45) is 0 Å². The number of aryl methyl sites for hydroxylation is 1. The Morgan fingerprint density at radius 3 is 2.44 bits per heavy atom. The number of benzene rings is 1. The van der Waals surface area contributed by atoms with Crippen LogP contribution in [0.4, 0.5) is 19.1 Å². The average Bonchev–Trinajstić information content (AvgIpc) is 2.53. The molecule has 0 atom stereocenters. The molecule has 0 saturated carbocycles. The van der Waals surface area contributed by atoms with Crippen LogP contribution in [0.15, 0.2) is 42.6 Å². The van der Waals surface area contributed by atoms with Gasteiger partial charge in [-0.25, -0.2) is 14.8 Å². The molecule has 130 valence electrons. The predicted octanol–water partition coefficient (Wildman–Crippen LogP) is 3.22. The summed E-state index contributed by atoms with van der Waals surface area (Å²) in [5.74, 6) is -2.45. The largest absolute Gasteiger partial charge is 0.490 e. The number of rotatable bonds is 1. The highest BCUT2D eigenvalue weighted by molar-refractivity contribution is 5.83. The Morgan fingerprint density at radius 2 is 1.84 bits per heavy atom. The summed E-state index contributed by atoms with van der Waals surface area (Å²) in [5, 5.41) is 8.21. The standard InChI is InChI=1S/C14H12N4.C2HF3O2/c1-9-7-13(18-14(15)17-9)11-4-5-12-10(8-11)3-2-6-16-12;3-2(4,5)1(6)7/h2-8H,1H3,(H2,15,17,18);(H,6,7). The zero-order valence-electron chi connectivity index (χ0n) is 12.9. The molecule has 0 aliphatic heterocycles. The summed E-state index contributed by atoms with van der Waals surface area (Å²) in [5.41, 5.74) is 9.37. The first-order valence-corrected chi connectivity index (χ1v) is 6.93. The van der Waals surface area contributed by atoms with Gasteiger partial charge in [0.15, 0.2) is 0 Å². The van der Waals surface area contributed by atoms with Gasteiger partial charge in [0.1, 0.15) is 0 Å². The van der Waals surface area contributed by atoms with Crippen molar-refractivity contribution in [3.8, 4) is 11.3 Å². The van der Waals surface area contributed by atoms with E-state index < -0.39 is 12.1 Å². The van der Waals surface area contributed by atoms with Crippen LogP contribution < -0.4 is 5.73 Å². The van der Waals surface area contributed by atoms with E-state index in [2.05, 4.69) is 21.0 Å². The summed E-state index contributed by atoms with van der Waals surface area (Å²) in [6.45, 7) is 1.91. The normalized spacial score (nSPS) is 10.9. The maximum Gasteiger partial charge on any atom is 0.490 e. The van der Waals surface area contributed by atoms with E-state index >= 15 is 0 Å². The summed E-state index contributed by atoms with van der Waals surface area (Å²) in [4.78, 5) is 21.5. The van der Waals surface area contributed by atoms with Crippen LogP contribution in [0.2, 0.25) is 0 Å². The van der Waals surface area contributed by atoms with Crippen LogP contribution in [0, 0.1) is 6.92 Å². The fourth-order valence-electron chi connectivity index (χ4n) is 1.97. The fourth-order valence-corrected chi connectivity index (χ4v) is 1.97. The predicted molar refractivity (Wildman–Crippen MR) is 85.6 cm³/mol. The van der Waals surface area contributed by atoms with Crippen molar-refractivity contribution < 1.29 is 23.1 Å². The number of aromatic nitrogens is 3. The van der Waals surface area contributed by atoms with E-state index in [0.717, 1.165) is 27.9 Å². The minimum Gasteiger partial charge on any atom is -0.475 e. The quantitative estimate of drug-likeness (QED) is 0.699. The first-order chi connectivity index (χ1) is 11.7. The number of hydrogen-bond donors (Lipinski definition) is 2. The van der Waals surface area contributed by atoms with Gasteiger partial charge in [-0.1, -0.05) is 12.1 Å². The highest BCUT2D eigenvalue weighted by atomic mass is 19.4. The van der Waals surface area contributed by atoms with Gasteiger partial charge in [0, 0.05) is 22.8 Å². The third-order valence-electron chi connectivity index (χ3n) is 3.01. The molecular weight excluding hydrogens is 337 g/mol. The van der Waals surface area contributed by atoms with Gasteiger partial charge in [0.25, 0.3) is 0 Å². The van der Waals surface area contributed by atoms with Crippen LogP contribution in [0.1, 0.15) is 5.69 Å². The maximum atomic E-state index is 10.6. The van der Waals surface area contributed by atoms with Crippen molar-refractivity contribution in [1.29, 1.82) is 0 Å². The topological polar surface area (TPSA) is 102 Å². The number of halogens is 3. The fraction of sp³-hybridized carbons (Fsp3) is 0.125. The molecule has 0 amide bonds. The van der Waals surface area contributed by atoms with Gasteiger partial charge >= 0.3 is 12.1 Å². The zero-order valence-corrected chi connectivity index (χ0v) is 12.9. The Labute approximate surface area is 140 Å². The molecule has 9 heteroatoms. The van der Waals surface area contributed by atoms with E-state index in [1.54, 1.807) is 6.20 Å². The lowest BCUT2D eigenvalue weighted by molar-refractivity contribution is -0.192. The van der Waals surface area contributed by atoms with Gasteiger partial charge in [0.2, 0.25) is 5.95 Å². The summed E-state index contributed by atoms with van der Waals surface area (Å²) in [7, 11) is 0. The molecule has 0 radical (unpaired) electrons. The van der Waals surface area contributed by atoms with E-state index in [-0.39, 0.29) is 0 Å². The second kappa shape index (κ2) is 7.12. The first kappa shape index (κ1) is 18.1. The highest BCUT2D eigenvalue weighted by Gasteiger charge is 2.38. The third-order valence-corrected chi connectivity index (χ3v) is 3.01. The molecule has 0 saturated heterocycles. The van der Waals surface area contributed by atoms with Crippen LogP contribution in [0.3, 0.4) is 0 Å². The van der Waals surface area contributed by atoms with Crippen molar-refractivity contribution in [2.45, 2.75) is 13.1 Å². The minimum absolute atomic E-state index is 0.302. The van der Waals surface area contributed by atoms with Crippen LogP contribution in [-0.2, 0) is 4.79 Å². The number of nitrogens with zero attached hydrogens (tertiary/aromatic N) is 3. The molecule has 0 unspecified atom stereocenters. The number of hydrogen-bond acceptors (Lipinski definition) is 5. The van der Waals surface area contributed by atoms with Crippen LogP contribution in [0.5, 0.6) is 0 Å². The number of pyridine rings is 1. The Kier molecular flexibility index (Phi) is 5.16.